The van der Waals surface area contributed by atoms with E-state index in [0.29, 0.717) is 10.8 Å². The van der Waals surface area contributed by atoms with E-state index in [9.17, 15) is 0 Å². The third-order valence-corrected chi connectivity index (χ3v) is 9.03. The number of rotatable bonds is 3. The number of nitrogens with zero attached hydrogens (tertiary/aromatic N) is 4. The van der Waals surface area contributed by atoms with Crippen LogP contribution in [0.4, 0.5) is 0 Å². The first kappa shape index (κ1) is 19.4. The summed E-state index contributed by atoms with van der Waals surface area (Å²) in [6, 6.07) is 25.7. The number of hydrogen-bond donors (Lipinski definition) is 0. The summed E-state index contributed by atoms with van der Waals surface area (Å²) in [5.41, 5.74) is 1.09. The quantitative estimate of drug-likeness (QED) is 0.133. The van der Waals surface area contributed by atoms with Crippen molar-refractivity contribution in [1.82, 2.24) is 19.9 Å². The molecule has 0 atom stereocenters. The number of aryl methyl sites for hydroxylation is 4. The second-order valence-electron chi connectivity index (χ2n) is 11.0. The second-order valence-corrected chi connectivity index (χ2v) is 16.1. The van der Waals surface area contributed by atoms with Gasteiger partial charge in [0.05, 0.1) is 36.1 Å². The molecule has 0 saturated heterocycles. The number of furan rings is 1. The molecule has 0 aliphatic heterocycles. The van der Waals surface area contributed by atoms with Crippen LogP contribution in [0.5, 0.6) is 0 Å². The first-order valence-electron chi connectivity index (χ1n) is 19.5. The first-order chi connectivity index (χ1) is 25.4. The van der Waals surface area contributed by atoms with E-state index in [1.807, 2.05) is 30.5 Å². The maximum atomic E-state index is 7.85. The Bertz CT molecular complexity index is 2530. The Hall–Kier alpha value is -4.03. The number of hydrogen-bond acceptors (Lipinski definition) is 5. The van der Waals surface area contributed by atoms with Crippen molar-refractivity contribution in [3.8, 4) is 22.5 Å². The molecule has 0 amide bonds. The molecule has 7 heteroatoms. The van der Waals surface area contributed by atoms with E-state index in [4.69, 9.17) is 20.9 Å². The molecule has 0 bridgehead atoms. The van der Waals surface area contributed by atoms with Gasteiger partial charge in [-0.05, 0) is 61.7 Å². The molecule has 0 fully saturated rings. The molecule has 0 aliphatic carbocycles. The van der Waals surface area contributed by atoms with Crippen molar-refractivity contribution in [3.05, 3.63) is 114 Å². The van der Waals surface area contributed by atoms with Crippen LogP contribution in [-0.2, 0) is 20.1 Å². The zero-order chi connectivity index (χ0) is 40.3. The fourth-order valence-electron chi connectivity index (χ4n) is 4.68. The summed E-state index contributed by atoms with van der Waals surface area (Å²) in [6.07, 6.45) is 3.02. The van der Waals surface area contributed by atoms with E-state index >= 15 is 0 Å². The van der Waals surface area contributed by atoms with E-state index in [-0.39, 0.29) is 59.1 Å². The topological polar surface area (TPSA) is 64.7 Å². The fraction of sp³-hybridized carbons (Fsp3) is 0.189. The van der Waals surface area contributed by atoms with Crippen LogP contribution in [0, 0.1) is 39.5 Å². The van der Waals surface area contributed by atoms with E-state index < -0.39 is 52.4 Å². The molecule has 223 valence electrons. The maximum Gasteiger partial charge on any atom is 0.123 e. The Kier molecular flexibility index (Phi) is 5.51. The van der Waals surface area contributed by atoms with Crippen LogP contribution in [0.1, 0.15) is 39.0 Å². The number of aromatic nitrogens is 4. The van der Waals surface area contributed by atoms with Gasteiger partial charge in [-0.3, -0.25) is 0 Å². The Morgan fingerprint density at radius 3 is 2.30 bits per heavy atom. The minimum Gasteiger partial charge on any atom is -0.501 e. The van der Waals surface area contributed by atoms with E-state index in [1.54, 1.807) is 6.07 Å². The van der Waals surface area contributed by atoms with Crippen molar-refractivity contribution in [2.75, 3.05) is 0 Å². The normalized spacial score (nSPS) is 16.5. The van der Waals surface area contributed by atoms with Gasteiger partial charge in [0.1, 0.15) is 5.58 Å². The summed E-state index contributed by atoms with van der Waals surface area (Å²) < 4.78 is 99.4. The number of fused-ring (bicyclic) bond motifs is 5. The number of pyridine rings is 2. The smallest absolute Gasteiger partial charge is 0.123 e. The van der Waals surface area contributed by atoms with Crippen LogP contribution >= 0.6 is 0 Å². The van der Waals surface area contributed by atoms with Gasteiger partial charge in [-0.1, -0.05) is 54.4 Å². The average Bonchev–Trinajstić information content (AvgIpc) is 3.49. The second kappa shape index (κ2) is 12.5. The molecule has 3 aromatic carbocycles. The molecule has 0 spiro atoms. The van der Waals surface area contributed by atoms with Crippen LogP contribution in [0.2, 0.25) is 19.6 Å². The largest absolute Gasteiger partial charge is 0.501 e. The molecule has 4 aromatic heterocycles. The van der Waals surface area contributed by atoms with Gasteiger partial charge in [0.15, 0.2) is 0 Å². The van der Waals surface area contributed by atoms with Crippen LogP contribution < -0.4 is 5.19 Å². The molecule has 0 unspecified atom stereocenters. The molecule has 7 aromatic rings. The molecule has 0 N–H and O–H groups in total. The Morgan fingerprint density at radius 1 is 0.773 bits per heavy atom. The van der Waals surface area contributed by atoms with Crippen molar-refractivity contribution >= 4 is 46.2 Å². The van der Waals surface area contributed by atoms with Crippen molar-refractivity contribution in [1.29, 1.82) is 0 Å². The van der Waals surface area contributed by atoms with E-state index in [1.165, 1.54) is 29.5 Å². The van der Waals surface area contributed by atoms with Crippen LogP contribution in [0.3, 0.4) is 0 Å². The molecule has 1 radical (unpaired) electrons. The monoisotopic (exact) mass is 783 g/mol. The Balaban J connectivity index is 0.000000295. The van der Waals surface area contributed by atoms with Crippen LogP contribution in [0.25, 0.3) is 55.5 Å². The SMILES string of the molecule is C[Si](C)(C)c1ccc(-c2[c-]cccc2)nc1.[2H]C([2H])([2H])c1cnc(-c2[c-]ccc3c2oc2ccc4nc(C([2H])([2H])[2H])c(C([2H])([2H])[2H])nc4c23)cc1C([2H])([2H])[2H].[Ir]. The molecular formula is C37H34IrN4OSi-2. The molecule has 44 heavy (non-hydrogen) atoms. The molecule has 0 saturated carbocycles. The van der Waals surface area contributed by atoms with Gasteiger partial charge in [0, 0.05) is 54.3 Å². The van der Waals surface area contributed by atoms with Crippen molar-refractivity contribution in [2.24, 2.45) is 0 Å². The fourth-order valence-corrected chi connectivity index (χ4v) is 5.71. The van der Waals surface area contributed by atoms with Crippen molar-refractivity contribution in [2.45, 2.75) is 47.0 Å². The molecule has 7 rings (SSSR count). The summed E-state index contributed by atoms with van der Waals surface area (Å²) in [4.78, 5) is 17.1. The summed E-state index contributed by atoms with van der Waals surface area (Å²) in [6.45, 7) is -4.11. The Labute approximate surface area is 290 Å². The van der Waals surface area contributed by atoms with Gasteiger partial charge in [-0.2, -0.15) is 0 Å². The third kappa shape index (κ3) is 6.13. The van der Waals surface area contributed by atoms with E-state index in [0.717, 1.165) is 17.5 Å². The van der Waals surface area contributed by atoms with Crippen LogP contribution in [-0.4, -0.2) is 28.0 Å². The predicted molar refractivity (Wildman–Crippen MR) is 179 cm³/mol. The molecule has 4 heterocycles. The maximum absolute atomic E-state index is 7.85. The van der Waals surface area contributed by atoms with Gasteiger partial charge in [-0.25, -0.2) is 9.97 Å². The van der Waals surface area contributed by atoms with Gasteiger partial charge in [-0.15, -0.1) is 54.1 Å². The minimum absolute atomic E-state index is 0. The van der Waals surface area contributed by atoms with E-state index in [2.05, 4.69) is 63.8 Å². The molecule has 5 nitrogen and oxygen atoms in total. The molecule has 0 aliphatic rings. The summed E-state index contributed by atoms with van der Waals surface area (Å²) >= 11 is 0. The first-order valence-corrected chi connectivity index (χ1v) is 17.0. The van der Waals surface area contributed by atoms with Gasteiger partial charge in [0.2, 0.25) is 0 Å². The van der Waals surface area contributed by atoms with Gasteiger partial charge in [0.25, 0.3) is 0 Å². The minimum atomic E-state index is -2.86. The summed E-state index contributed by atoms with van der Waals surface area (Å²) in [5.74, 6) is 0. The average molecular weight is 783 g/mol. The predicted octanol–water partition coefficient (Wildman–Crippen LogP) is 8.72. The van der Waals surface area contributed by atoms with Crippen LogP contribution in [0.15, 0.2) is 83.5 Å². The standard InChI is InChI=1S/C23H18N3O.C14H16NSi.Ir/c1-12-10-19(24-11-13(12)2)16-6-5-7-17-21-20(27-23(16)17)9-8-18-22(21)26-15(4)14(3)25-18;1-16(2,3)13-9-10-14(15-11-13)12-7-5-4-6-8-12;/h5,7-11H,1-4H3;4-7,9-11H,1-3H3;/q2*-1;/i1D3,2D3,3D3,4D3;;. The zero-order valence-corrected chi connectivity index (χ0v) is 27.4. The Morgan fingerprint density at radius 2 is 1.59 bits per heavy atom. The summed E-state index contributed by atoms with van der Waals surface area (Å²) in [5, 5.41) is 2.20. The van der Waals surface area contributed by atoms with Crippen molar-refractivity contribution in [3.63, 3.8) is 0 Å². The van der Waals surface area contributed by atoms with Gasteiger partial charge >= 0.3 is 0 Å². The van der Waals surface area contributed by atoms with Gasteiger partial charge < -0.3 is 14.4 Å². The zero-order valence-electron chi connectivity index (χ0n) is 36.0. The third-order valence-electron chi connectivity index (χ3n) is 7.00. The number of benzene rings is 3. The summed E-state index contributed by atoms with van der Waals surface area (Å²) in [7, 11) is -1.23. The van der Waals surface area contributed by atoms with Crippen molar-refractivity contribution < 1.29 is 41.0 Å². The molecular weight excluding hydrogens is 737 g/mol.